The van der Waals surface area contributed by atoms with E-state index in [9.17, 15) is 0 Å². The maximum absolute atomic E-state index is 6.48. The molecule has 4 nitrogen and oxygen atoms in total. The third-order valence-corrected chi connectivity index (χ3v) is 6.87. The van der Waals surface area contributed by atoms with Crippen LogP contribution in [-0.4, -0.2) is 25.0 Å². The molecule has 0 aromatic heterocycles. The molecule has 0 aliphatic carbocycles. The maximum atomic E-state index is 6.48. The zero-order chi connectivity index (χ0) is 20.7. The summed E-state index contributed by atoms with van der Waals surface area (Å²) in [6, 6.07) is 20.5. The Bertz CT molecular complexity index is 1170. The lowest BCUT2D eigenvalue weighted by Gasteiger charge is -2.33. The molecular formula is C24H22B2O4. The van der Waals surface area contributed by atoms with Gasteiger partial charge in [0.2, 0.25) is 0 Å². The molecule has 6 rings (SSSR count). The van der Waals surface area contributed by atoms with Crippen LogP contribution in [0.15, 0.2) is 60.7 Å². The monoisotopic (exact) mass is 396 g/mol. The zero-order valence-corrected chi connectivity index (χ0v) is 17.6. The number of benzene rings is 3. The van der Waals surface area contributed by atoms with Crippen molar-refractivity contribution < 1.29 is 18.8 Å². The third-order valence-electron chi connectivity index (χ3n) is 6.87. The van der Waals surface area contributed by atoms with Gasteiger partial charge in [-0.05, 0) is 56.8 Å². The van der Waals surface area contributed by atoms with Gasteiger partial charge in [0.1, 0.15) is 23.0 Å². The largest absolute Gasteiger partial charge is 0.498 e. The second-order valence-electron chi connectivity index (χ2n) is 9.20. The Morgan fingerprint density at radius 2 is 1.17 bits per heavy atom. The second-order valence-corrected chi connectivity index (χ2v) is 9.20. The van der Waals surface area contributed by atoms with Gasteiger partial charge in [-0.2, -0.15) is 0 Å². The van der Waals surface area contributed by atoms with E-state index in [0.29, 0.717) is 0 Å². The molecule has 3 aromatic carbocycles. The normalized spacial score (nSPS) is 19.3. The van der Waals surface area contributed by atoms with Gasteiger partial charge in [0.15, 0.2) is 0 Å². The van der Waals surface area contributed by atoms with Gasteiger partial charge in [0.05, 0.1) is 11.2 Å². The van der Waals surface area contributed by atoms with Crippen LogP contribution in [0.1, 0.15) is 27.7 Å². The van der Waals surface area contributed by atoms with E-state index in [2.05, 4.69) is 52.0 Å². The summed E-state index contributed by atoms with van der Waals surface area (Å²) in [7, 11) is -0.482. The first kappa shape index (κ1) is 18.1. The van der Waals surface area contributed by atoms with Crippen molar-refractivity contribution in [1.82, 2.24) is 0 Å². The Labute approximate surface area is 177 Å². The van der Waals surface area contributed by atoms with E-state index in [0.717, 1.165) is 44.8 Å². The SMILES string of the molecule is CC1(C)OB(c2cccc3c2Oc2cccc4c2B3c2ccccc2O4)OC1(C)C. The molecule has 3 aliphatic rings. The van der Waals surface area contributed by atoms with Gasteiger partial charge in [0.25, 0.3) is 6.71 Å². The zero-order valence-electron chi connectivity index (χ0n) is 17.6. The molecule has 6 heteroatoms. The molecule has 0 radical (unpaired) electrons. The van der Waals surface area contributed by atoms with Crippen LogP contribution in [0.2, 0.25) is 0 Å². The number of fused-ring (bicyclic) bond motifs is 4. The molecule has 0 N–H and O–H groups in total. The van der Waals surface area contributed by atoms with Crippen LogP contribution in [0.5, 0.6) is 23.0 Å². The van der Waals surface area contributed by atoms with Crippen LogP contribution in [0, 0.1) is 0 Å². The minimum absolute atomic E-state index is 0.0484. The lowest BCUT2D eigenvalue weighted by atomic mass is 9.34. The molecule has 3 heterocycles. The van der Waals surface area contributed by atoms with E-state index in [1.54, 1.807) is 0 Å². The minimum Gasteiger partial charge on any atom is -0.459 e. The van der Waals surface area contributed by atoms with Crippen molar-refractivity contribution in [3.05, 3.63) is 60.7 Å². The maximum Gasteiger partial charge on any atom is 0.498 e. The van der Waals surface area contributed by atoms with Crippen molar-refractivity contribution in [1.29, 1.82) is 0 Å². The van der Waals surface area contributed by atoms with Crippen LogP contribution in [0.25, 0.3) is 0 Å². The molecule has 0 amide bonds. The van der Waals surface area contributed by atoms with Gasteiger partial charge >= 0.3 is 7.12 Å². The molecule has 148 valence electrons. The summed E-state index contributed by atoms with van der Waals surface area (Å²) in [5.41, 5.74) is 3.43. The Morgan fingerprint density at radius 3 is 1.93 bits per heavy atom. The molecule has 0 atom stereocenters. The first-order chi connectivity index (χ1) is 14.4. The molecule has 0 saturated carbocycles. The summed E-state index contributed by atoms with van der Waals surface area (Å²) in [6.07, 6.45) is 0. The van der Waals surface area contributed by atoms with Crippen LogP contribution >= 0.6 is 0 Å². The fraction of sp³-hybridized carbons (Fsp3) is 0.250. The molecular weight excluding hydrogens is 374 g/mol. The third kappa shape index (κ3) is 2.38. The van der Waals surface area contributed by atoms with Crippen LogP contribution in [0.3, 0.4) is 0 Å². The number of hydrogen-bond donors (Lipinski definition) is 0. The summed E-state index contributed by atoms with van der Waals surface area (Å²) >= 11 is 0. The highest BCUT2D eigenvalue weighted by molar-refractivity contribution is 6.98. The number of rotatable bonds is 1. The summed E-state index contributed by atoms with van der Waals surface area (Å²) in [6.45, 7) is 8.32. The van der Waals surface area contributed by atoms with Gasteiger partial charge in [-0.3, -0.25) is 0 Å². The van der Waals surface area contributed by atoms with Gasteiger partial charge < -0.3 is 18.8 Å². The molecule has 1 saturated heterocycles. The first-order valence-electron chi connectivity index (χ1n) is 10.4. The topological polar surface area (TPSA) is 36.9 Å². The average molecular weight is 396 g/mol. The van der Waals surface area contributed by atoms with Crippen LogP contribution in [-0.2, 0) is 9.31 Å². The van der Waals surface area contributed by atoms with Gasteiger partial charge in [-0.15, -0.1) is 0 Å². The van der Waals surface area contributed by atoms with E-state index in [1.165, 1.54) is 0 Å². The lowest BCUT2D eigenvalue weighted by Crippen LogP contribution is -2.58. The standard InChI is InChI=1S/C24H22B2O4/c1-23(2)24(3,4)30-26(29-23)17-11-7-10-16-22(17)28-20-14-8-13-19-21(20)25(16)15-9-5-6-12-18(15)27-19/h5-14H,1-4H3. The van der Waals surface area contributed by atoms with Gasteiger partial charge in [-0.25, -0.2) is 0 Å². The summed E-state index contributed by atoms with van der Waals surface area (Å²) in [4.78, 5) is 0. The predicted molar refractivity (Wildman–Crippen MR) is 120 cm³/mol. The van der Waals surface area contributed by atoms with Crippen LogP contribution in [0.4, 0.5) is 0 Å². The fourth-order valence-electron chi connectivity index (χ4n) is 4.58. The number of para-hydroxylation sites is 2. The van der Waals surface area contributed by atoms with E-state index in [-0.39, 0.29) is 6.71 Å². The molecule has 0 unspecified atom stereocenters. The highest BCUT2D eigenvalue weighted by Crippen LogP contribution is 2.38. The van der Waals surface area contributed by atoms with E-state index < -0.39 is 18.3 Å². The predicted octanol–water partition coefficient (Wildman–Crippen LogP) is 2.71. The molecule has 0 bridgehead atoms. The van der Waals surface area contributed by atoms with Crippen molar-refractivity contribution in [2.75, 3.05) is 0 Å². The van der Waals surface area contributed by atoms with Crippen molar-refractivity contribution in [2.24, 2.45) is 0 Å². The summed E-state index contributed by atoms with van der Waals surface area (Å²) in [5.74, 6) is 3.38. The van der Waals surface area contributed by atoms with Crippen molar-refractivity contribution in [2.45, 2.75) is 38.9 Å². The minimum atomic E-state index is -0.482. The Kier molecular flexibility index (Phi) is 3.58. The van der Waals surface area contributed by atoms with Crippen molar-refractivity contribution >= 4 is 35.7 Å². The van der Waals surface area contributed by atoms with Gasteiger partial charge in [-0.1, -0.05) is 42.5 Å². The van der Waals surface area contributed by atoms with Crippen LogP contribution < -0.4 is 31.3 Å². The fourth-order valence-corrected chi connectivity index (χ4v) is 4.58. The Hall–Kier alpha value is -2.69. The summed E-state index contributed by atoms with van der Waals surface area (Å²) < 4.78 is 25.4. The quantitative estimate of drug-likeness (QED) is 0.409. The van der Waals surface area contributed by atoms with Crippen molar-refractivity contribution in [3.63, 3.8) is 0 Å². The van der Waals surface area contributed by atoms with E-state index in [1.807, 2.05) is 36.4 Å². The smallest absolute Gasteiger partial charge is 0.459 e. The van der Waals surface area contributed by atoms with E-state index in [4.69, 9.17) is 18.8 Å². The highest BCUT2D eigenvalue weighted by atomic mass is 16.7. The lowest BCUT2D eigenvalue weighted by molar-refractivity contribution is 0.00578. The molecule has 1 fully saturated rings. The highest BCUT2D eigenvalue weighted by Gasteiger charge is 2.53. The Morgan fingerprint density at radius 1 is 0.600 bits per heavy atom. The molecule has 0 spiro atoms. The van der Waals surface area contributed by atoms with Gasteiger partial charge in [0, 0.05) is 10.9 Å². The summed E-state index contributed by atoms with van der Waals surface area (Å²) in [5, 5.41) is 0. The van der Waals surface area contributed by atoms with E-state index >= 15 is 0 Å². The average Bonchev–Trinajstić information content (AvgIpc) is 2.94. The molecule has 3 aliphatic heterocycles. The second kappa shape index (κ2) is 5.93. The number of ether oxygens (including phenoxy) is 2. The molecule has 30 heavy (non-hydrogen) atoms. The first-order valence-corrected chi connectivity index (χ1v) is 10.4. The molecule has 3 aromatic rings. The Balaban J connectivity index is 1.55. The number of hydrogen-bond acceptors (Lipinski definition) is 4. The van der Waals surface area contributed by atoms with Crippen molar-refractivity contribution in [3.8, 4) is 23.0 Å².